The maximum Gasteiger partial charge on any atom is 0.257 e. The molecular weight excluding hydrogens is 206 g/mol. The molecule has 16 heavy (non-hydrogen) atoms. The number of nitrogens with one attached hydrogen (secondary N) is 1. The lowest BCUT2D eigenvalue weighted by Crippen LogP contribution is -2.35. The monoisotopic (exact) mass is 221 g/mol. The third-order valence-corrected chi connectivity index (χ3v) is 1.99. The predicted molar refractivity (Wildman–Crippen MR) is 60.3 cm³/mol. The molecule has 0 aromatic heterocycles. The van der Waals surface area contributed by atoms with Crippen LogP contribution in [-0.4, -0.2) is 18.0 Å². The van der Waals surface area contributed by atoms with Gasteiger partial charge in [0.25, 0.3) is 5.91 Å². The molecule has 5 N–H and O–H groups in total. The van der Waals surface area contributed by atoms with Gasteiger partial charge in [-0.05, 0) is 18.6 Å². The van der Waals surface area contributed by atoms with E-state index >= 15 is 0 Å². The Morgan fingerprint density at radius 1 is 1.19 bits per heavy atom. The van der Waals surface area contributed by atoms with Crippen molar-refractivity contribution in [2.24, 2.45) is 11.5 Å². The van der Waals surface area contributed by atoms with Gasteiger partial charge in [-0.2, -0.15) is 0 Å². The van der Waals surface area contributed by atoms with E-state index in [-0.39, 0.29) is 12.3 Å². The van der Waals surface area contributed by atoms with Crippen molar-refractivity contribution < 1.29 is 9.59 Å². The van der Waals surface area contributed by atoms with Crippen LogP contribution in [0.1, 0.15) is 23.2 Å². The minimum atomic E-state index is -0.530. The summed E-state index contributed by atoms with van der Waals surface area (Å²) < 4.78 is 0. The highest BCUT2D eigenvalue weighted by molar-refractivity contribution is 6.04. The molecule has 0 radical (unpaired) electrons. The third-order valence-electron chi connectivity index (χ3n) is 1.99. The molecule has 0 atom stereocenters. The Hall–Kier alpha value is -1.72. The fraction of sp³-hybridized carbons (Fsp3) is 0.273. The van der Waals surface area contributed by atoms with Gasteiger partial charge in [0.15, 0.2) is 0 Å². The average Bonchev–Trinajstić information content (AvgIpc) is 2.27. The van der Waals surface area contributed by atoms with Crippen LogP contribution in [0, 0.1) is 0 Å². The molecular formula is C11H15N3O2. The second kappa shape index (κ2) is 5.99. The van der Waals surface area contributed by atoms with Gasteiger partial charge in [-0.1, -0.05) is 18.2 Å². The smallest absolute Gasteiger partial charge is 0.257 e. The minimum absolute atomic E-state index is 0.149. The number of nitrogens with two attached hydrogens (primary N) is 2. The number of imide groups is 1. The van der Waals surface area contributed by atoms with Gasteiger partial charge in [-0.15, -0.1) is 0 Å². The fourth-order valence-corrected chi connectivity index (χ4v) is 1.15. The van der Waals surface area contributed by atoms with Crippen LogP contribution >= 0.6 is 0 Å². The van der Waals surface area contributed by atoms with E-state index in [0.717, 1.165) is 0 Å². The molecule has 0 bridgehead atoms. The number of benzene rings is 1. The summed E-state index contributed by atoms with van der Waals surface area (Å²) in [7, 11) is 0. The Labute approximate surface area is 93.8 Å². The third kappa shape index (κ3) is 4.20. The Bertz CT molecular complexity index is 363. The topological polar surface area (TPSA) is 98.2 Å². The van der Waals surface area contributed by atoms with Gasteiger partial charge in [0.2, 0.25) is 5.91 Å². The quantitative estimate of drug-likeness (QED) is 0.621. The highest BCUT2D eigenvalue weighted by Gasteiger charge is 2.09. The first-order valence-electron chi connectivity index (χ1n) is 5.00. The molecule has 2 amide bonds. The summed E-state index contributed by atoms with van der Waals surface area (Å²) in [5.74, 6) is -0.772. The van der Waals surface area contributed by atoms with Crippen molar-refractivity contribution in [3.8, 4) is 0 Å². The summed E-state index contributed by atoms with van der Waals surface area (Å²) in [4.78, 5) is 22.8. The largest absolute Gasteiger partial charge is 0.316 e. The van der Waals surface area contributed by atoms with E-state index in [4.69, 9.17) is 11.5 Å². The van der Waals surface area contributed by atoms with Crippen molar-refractivity contribution >= 4 is 11.8 Å². The van der Waals surface area contributed by atoms with Gasteiger partial charge in [0.05, 0.1) is 6.17 Å². The first kappa shape index (κ1) is 12.4. The SMILES string of the molecule is NC(N)CCC(=O)NC(=O)c1ccccc1. The second-order valence-corrected chi connectivity index (χ2v) is 3.45. The lowest BCUT2D eigenvalue weighted by Gasteiger charge is -2.05. The molecule has 0 saturated carbocycles. The summed E-state index contributed by atoms with van der Waals surface area (Å²) in [6.07, 6.45) is -0.0259. The molecule has 0 aliphatic carbocycles. The molecule has 5 heteroatoms. The van der Waals surface area contributed by atoms with E-state index in [9.17, 15) is 9.59 Å². The van der Waals surface area contributed by atoms with Crippen LogP contribution in [0.3, 0.4) is 0 Å². The van der Waals surface area contributed by atoms with Crippen molar-refractivity contribution in [2.45, 2.75) is 19.0 Å². The standard InChI is InChI=1S/C11H15N3O2/c12-9(13)6-7-10(15)14-11(16)8-4-2-1-3-5-8/h1-5,9H,6-7,12-13H2,(H,14,15,16). The second-order valence-electron chi connectivity index (χ2n) is 3.45. The summed E-state index contributed by atoms with van der Waals surface area (Å²) in [6, 6.07) is 8.53. The van der Waals surface area contributed by atoms with Gasteiger partial charge in [-0.25, -0.2) is 0 Å². The van der Waals surface area contributed by atoms with E-state index in [2.05, 4.69) is 5.32 Å². The molecule has 0 fully saturated rings. The van der Waals surface area contributed by atoms with Crippen LogP contribution in [0.15, 0.2) is 30.3 Å². The molecule has 0 saturated heterocycles. The molecule has 1 aromatic carbocycles. The lowest BCUT2D eigenvalue weighted by atomic mass is 10.2. The summed E-state index contributed by atoms with van der Waals surface area (Å²) >= 11 is 0. The van der Waals surface area contributed by atoms with Crippen LogP contribution in [0.5, 0.6) is 0 Å². The first-order valence-corrected chi connectivity index (χ1v) is 5.00. The first-order chi connectivity index (χ1) is 7.59. The van der Waals surface area contributed by atoms with Crippen molar-refractivity contribution in [3.05, 3.63) is 35.9 Å². The molecule has 0 unspecified atom stereocenters. The van der Waals surface area contributed by atoms with Gasteiger partial charge < -0.3 is 11.5 Å². The highest BCUT2D eigenvalue weighted by atomic mass is 16.2. The van der Waals surface area contributed by atoms with E-state index in [1.807, 2.05) is 0 Å². The molecule has 5 nitrogen and oxygen atoms in total. The molecule has 1 rings (SSSR count). The molecule has 0 spiro atoms. The number of carbonyl (C=O) groups is 2. The number of hydrogen-bond donors (Lipinski definition) is 3. The van der Waals surface area contributed by atoms with E-state index in [1.165, 1.54) is 0 Å². The minimum Gasteiger partial charge on any atom is -0.316 e. The fourth-order valence-electron chi connectivity index (χ4n) is 1.15. The number of rotatable bonds is 4. The summed E-state index contributed by atoms with van der Waals surface area (Å²) in [5, 5.41) is 2.26. The summed E-state index contributed by atoms with van der Waals surface area (Å²) in [5.41, 5.74) is 11.0. The normalized spacial score (nSPS) is 10.2. The Morgan fingerprint density at radius 3 is 2.38 bits per heavy atom. The van der Waals surface area contributed by atoms with Crippen LogP contribution in [0.25, 0.3) is 0 Å². The van der Waals surface area contributed by atoms with Gasteiger partial charge in [0.1, 0.15) is 0 Å². The van der Waals surface area contributed by atoms with Crippen LogP contribution in [-0.2, 0) is 4.79 Å². The van der Waals surface area contributed by atoms with Crippen molar-refractivity contribution in [2.75, 3.05) is 0 Å². The molecule has 0 aliphatic heterocycles. The van der Waals surface area contributed by atoms with Crippen molar-refractivity contribution in [1.82, 2.24) is 5.32 Å². The Kier molecular flexibility index (Phi) is 4.63. The Balaban J connectivity index is 2.43. The predicted octanol–water partition coefficient (Wildman–Crippen LogP) is -0.0333. The average molecular weight is 221 g/mol. The molecule has 86 valence electrons. The lowest BCUT2D eigenvalue weighted by molar-refractivity contribution is -0.120. The van der Waals surface area contributed by atoms with E-state index in [0.29, 0.717) is 12.0 Å². The molecule has 0 aliphatic rings. The van der Waals surface area contributed by atoms with E-state index in [1.54, 1.807) is 30.3 Å². The highest BCUT2D eigenvalue weighted by Crippen LogP contribution is 1.98. The zero-order valence-electron chi connectivity index (χ0n) is 8.85. The van der Waals surface area contributed by atoms with Crippen LogP contribution in [0.4, 0.5) is 0 Å². The van der Waals surface area contributed by atoms with Crippen LogP contribution < -0.4 is 16.8 Å². The number of amides is 2. The van der Waals surface area contributed by atoms with Gasteiger partial charge in [-0.3, -0.25) is 14.9 Å². The number of hydrogen-bond acceptors (Lipinski definition) is 4. The molecule has 0 heterocycles. The van der Waals surface area contributed by atoms with Gasteiger partial charge in [0, 0.05) is 12.0 Å². The zero-order valence-corrected chi connectivity index (χ0v) is 8.85. The van der Waals surface area contributed by atoms with Crippen molar-refractivity contribution in [1.29, 1.82) is 0 Å². The number of carbonyl (C=O) groups excluding carboxylic acids is 2. The van der Waals surface area contributed by atoms with Gasteiger partial charge >= 0.3 is 0 Å². The van der Waals surface area contributed by atoms with Crippen LogP contribution in [0.2, 0.25) is 0 Å². The zero-order chi connectivity index (χ0) is 12.0. The summed E-state index contributed by atoms with van der Waals surface area (Å²) in [6.45, 7) is 0. The Morgan fingerprint density at radius 2 is 1.81 bits per heavy atom. The van der Waals surface area contributed by atoms with Crippen molar-refractivity contribution in [3.63, 3.8) is 0 Å². The maximum atomic E-state index is 11.5. The maximum absolute atomic E-state index is 11.5. The molecule has 1 aromatic rings. The van der Waals surface area contributed by atoms with E-state index < -0.39 is 12.1 Å².